The number of aromatic nitrogens is 1. The second-order valence-corrected chi connectivity index (χ2v) is 6.40. The monoisotopic (exact) mass is 360 g/mol. The number of thiazole rings is 1. The lowest BCUT2D eigenvalue weighted by Crippen LogP contribution is -2.12. The fourth-order valence-corrected chi connectivity index (χ4v) is 3.01. The van der Waals surface area contributed by atoms with Crippen LogP contribution in [0.25, 0.3) is 0 Å². The SMILES string of the molecule is Cc1[nH]c(=O)sc1C(=O)Nc1cc(Cl)ccc1Oc1ccccc1. The quantitative estimate of drug-likeness (QED) is 0.722. The van der Waals surface area contributed by atoms with Gasteiger partial charge in [-0.25, -0.2) is 0 Å². The number of hydrogen-bond acceptors (Lipinski definition) is 4. The summed E-state index contributed by atoms with van der Waals surface area (Å²) in [7, 11) is 0. The average molecular weight is 361 g/mol. The van der Waals surface area contributed by atoms with E-state index < -0.39 is 5.91 Å². The first-order chi connectivity index (χ1) is 11.5. The Hall–Kier alpha value is -2.57. The number of aromatic amines is 1. The molecular weight excluding hydrogens is 348 g/mol. The summed E-state index contributed by atoms with van der Waals surface area (Å²) < 4.78 is 5.80. The molecular formula is C17H13ClN2O3S. The van der Waals surface area contributed by atoms with Crippen LogP contribution in [0.15, 0.2) is 53.3 Å². The van der Waals surface area contributed by atoms with Crippen LogP contribution in [0.3, 0.4) is 0 Å². The van der Waals surface area contributed by atoms with Crippen molar-refractivity contribution in [3.63, 3.8) is 0 Å². The molecule has 0 saturated carbocycles. The first-order valence-electron chi connectivity index (χ1n) is 7.06. The molecule has 1 heterocycles. The molecule has 122 valence electrons. The zero-order chi connectivity index (χ0) is 17.1. The number of rotatable bonds is 4. The zero-order valence-electron chi connectivity index (χ0n) is 12.6. The van der Waals surface area contributed by atoms with Gasteiger partial charge in [0.2, 0.25) is 0 Å². The van der Waals surface area contributed by atoms with E-state index in [0.29, 0.717) is 32.8 Å². The number of aryl methyl sites for hydroxylation is 1. The van der Waals surface area contributed by atoms with Crippen LogP contribution in [0.1, 0.15) is 15.4 Å². The minimum absolute atomic E-state index is 0.274. The second-order valence-electron chi connectivity index (χ2n) is 4.98. The van der Waals surface area contributed by atoms with Crippen molar-refractivity contribution in [2.75, 3.05) is 5.32 Å². The van der Waals surface area contributed by atoms with Crippen LogP contribution < -0.4 is 14.9 Å². The molecule has 3 rings (SSSR count). The van der Waals surface area contributed by atoms with E-state index in [2.05, 4.69) is 10.3 Å². The number of ether oxygens (including phenoxy) is 1. The Bertz CT molecular complexity index is 935. The van der Waals surface area contributed by atoms with Gasteiger partial charge in [-0.1, -0.05) is 41.1 Å². The van der Waals surface area contributed by atoms with Crippen molar-refractivity contribution in [1.82, 2.24) is 4.98 Å². The van der Waals surface area contributed by atoms with E-state index in [0.717, 1.165) is 11.3 Å². The van der Waals surface area contributed by atoms with Crippen LogP contribution in [0.4, 0.5) is 5.69 Å². The van der Waals surface area contributed by atoms with Gasteiger partial charge in [-0.05, 0) is 37.3 Å². The van der Waals surface area contributed by atoms with E-state index >= 15 is 0 Å². The van der Waals surface area contributed by atoms with Crippen LogP contribution >= 0.6 is 22.9 Å². The lowest BCUT2D eigenvalue weighted by atomic mass is 10.2. The molecule has 0 radical (unpaired) electrons. The Morgan fingerprint density at radius 3 is 2.62 bits per heavy atom. The molecule has 0 spiro atoms. The molecule has 7 heteroatoms. The number of benzene rings is 2. The van der Waals surface area contributed by atoms with Crippen molar-refractivity contribution in [3.05, 3.63) is 73.8 Å². The third kappa shape index (κ3) is 3.67. The molecule has 24 heavy (non-hydrogen) atoms. The van der Waals surface area contributed by atoms with Gasteiger partial charge in [0.05, 0.1) is 5.69 Å². The molecule has 2 aromatic carbocycles. The first kappa shape index (κ1) is 16.3. The Kier molecular flexibility index (Phi) is 4.69. The molecule has 0 bridgehead atoms. The molecule has 0 saturated heterocycles. The Morgan fingerprint density at radius 1 is 1.21 bits per heavy atom. The van der Waals surface area contributed by atoms with E-state index in [9.17, 15) is 9.59 Å². The molecule has 5 nitrogen and oxygen atoms in total. The molecule has 0 aliphatic rings. The van der Waals surface area contributed by atoms with Crippen LogP contribution in [-0.4, -0.2) is 10.9 Å². The van der Waals surface area contributed by atoms with Gasteiger partial charge in [0.1, 0.15) is 10.6 Å². The van der Waals surface area contributed by atoms with Crippen molar-refractivity contribution < 1.29 is 9.53 Å². The lowest BCUT2D eigenvalue weighted by Gasteiger charge is -2.12. The molecule has 0 atom stereocenters. The maximum absolute atomic E-state index is 12.4. The highest BCUT2D eigenvalue weighted by atomic mass is 35.5. The highest BCUT2D eigenvalue weighted by molar-refractivity contribution is 7.11. The van der Waals surface area contributed by atoms with E-state index in [1.807, 2.05) is 30.3 Å². The van der Waals surface area contributed by atoms with Gasteiger partial charge in [0.25, 0.3) is 5.91 Å². The minimum atomic E-state index is -0.393. The third-order valence-corrected chi connectivity index (χ3v) is 4.41. The van der Waals surface area contributed by atoms with E-state index in [4.69, 9.17) is 16.3 Å². The second kappa shape index (κ2) is 6.90. The molecule has 2 N–H and O–H groups in total. The summed E-state index contributed by atoms with van der Waals surface area (Å²) in [5.41, 5.74) is 0.951. The van der Waals surface area contributed by atoms with Crippen LogP contribution in [0.5, 0.6) is 11.5 Å². The molecule has 0 fully saturated rings. The summed E-state index contributed by atoms with van der Waals surface area (Å²) in [6, 6.07) is 14.2. The van der Waals surface area contributed by atoms with Crippen molar-refractivity contribution in [3.8, 4) is 11.5 Å². The van der Waals surface area contributed by atoms with Gasteiger partial charge in [-0.3, -0.25) is 9.59 Å². The lowest BCUT2D eigenvalue weighted by molar-refractivity contribution is 0.102. The standard InChI is InChI=1S/C17H13ClN2O3S/c1-10-15(24-17(22)19-10)16(21)20-13-9-11(18)7-8-14(13)23-12-5-3-2-4-6-12/h2-9H,1H3,(H,19,22)(H,20,21). The third-order valence-electron chi connectivity index (χ3n) is 3.19. The maximum atomic E-state index is 12.4. The molecule has 0 unspecified atom stereocenters. The number of carbonyl (C=O) groups is 1. The van der Waals surface area contributed by atoms with Crippen molar-refractivity contribution in [2.45, 2.75) is 6.92 Å². The number of amides is 1. The van der Waals surface area contributed by atoms with E-state index in [1.165, 1.54) is 0 Å². The Labute approximate surface area is 146 Å². The summed E-state index contributed by atoms with van der Waals surface area (Å²) in [5.74, 6) is 0.702. The van der Waals surface area contributed by atoms with E-state index in [1.54, 1.807) is 25.1 Å². The summed E-state index contributed by atoms with van der Waals surface area (Å²) in [5, 5.41) is 3.21. The number of H-pyrrole nitrogens is 1. The number of nitrogens with one attached hydrogen (secondary N) is 2. The van der Waals surface area contributed by atoms with Crippen LogP contribution in [-0.2, 0) is 0 Å². The van der Waals surface area contributed by atoms with Crippen molar-refractivity contribution in [1.29, 1.82) is 0 Å². The van der Waals surface area contributed by atoms with Crippen molar-refractivity contribution in [2.24, 2.45) is 0 Å². The molecule has 0 aliphatic heterocycles. The van der Waals surface area contributed by atoms with E-state index in [-0.39, 0.29) is 4.87 Å². The first-order valence-corrected chi connectivity index (χ1v) is 8.26. The van der Waals surface area contributed by atoms with Gasteiger partial charge in [-0.15, -0.1) is 0 Å². The van der Waals surface area contributed by atoms with Gasteiger partial charge in [0, 0.05) is 10.7 Å². The maximum Gasteiger partial charge on any atom is 0.305 e. The minimum Gasteiger partial charge on any atom is -0.455 e. The van der Waals surface area contributed by atoms with Gasteiger partial charge < -0.3 is 15.0 Å². The zero-order valence-corrected chi connectivity index (χ0v) is 14.2. The number of carbonyl (C=O) groups excluding carboxylic acids is 1. The fourth-order valence-electron chi connectivity index (χ4n) is 2.10. The molecule has 1 amide bonds. The average Bonchev–Trinajstić information content (AvgIpc) is 2.90. The van der Waals surface area contributed by atoms with Crippen LogP contribution in [0.2, 0.25) is 5.02 Å². The normalized spacial score (nSPS) is 10.4. The number of hydrogen-bond donors (Lipinski definition) is 2. The molecule has 3 aromatic rings. The highest BCUT2D eigenvalue weighted by Gasteiger charge is 2.16. The summed E-state index contributed by atoms with van der Waals surface area (Å²) in [4.78, 5) is 26.4. The summed E-state index contributed by atoms with van der Waals surface area (Å²) in [6.07, 6.45) is 0. The number of halogens is 1. The fraction of sp³-hybridized carbons (Fsp3) is 0.0588. The molecule has 1 aromatic heterocycles. The number of anilines is 1. The largest absolute Gasteiger partial charge is 0.455 e. The number of para-hydroxylation sites is 1. The Balaban J connectivity index is 1.89. The smallest absolute Gasteiger partial charge is 0.305 e. The van der Waals surface area contributed by atoms with Crippen molar-refractivity contribution >= 4 is 34.5 Å². The Morgan fingerprint density at radius 2 is 1.96 bits per heavy atom. The predicted octanol–water partition coefficient (Wildman–Crippen LogP) is 4.44. The highest BCUT2D eigenvalue weighted by Crippen LogP contribution is 2.32. The van der Waals surface area contributed by atoms with Crippen LogP contribution in [0, 0.1) is 6.92 Å². The predicted molar refractivity (Wildman–Crippen MR) is 95.6 cm³/mol. The van der Waals surface area contributed by atoms with Gasteiger partial charge >= 0.3 is 4.87 Å². The topological polar surface area (TPSA) is 71.2 Å². The van der Waals surface area contributed by atoms with Gasteiger partial charge in [0.15, 0.2) is 5.75 Å². The molecule has 0 aliphatic carbocycles. The van der Waals surface area contributed by atoms with Gasteiger partial charge in [-0.2, -0.15) is 0 Å². The summed E-state index contributed by atoms with van der Waals surface area (Å²) >= 11 is 6.88. The summed E-state index contributed by atoms with van der Waals surface area (Å²) in [6.45, 7) is 1.67.